The molecule has 0 bridgehead atoms. The summed E-state index contributed by atoms with van der Waals surface area (Å²) >= 11 is 0. The number of alkyl halides is 6. The van der Waals surface area contributed by atoms with Crippen molar-refractivity contribution >= 4 is 39.3 Å². The number of aryl methyl sites for hydroxylation is 2. The van der Waals surface area contributed by atoms with E-state index in [1.807, 2.05) is 129 Å². The first-order chi connectivity index (χ1) is 30.7. The highest BCUT2D eigenvalue weighted by Crippen LogP contribution is 2.49. The molecule has 2 heterocycles. The minimum atomic E-state index is -5.18. The smallest absolute Gasteiger partial charge is 0.307 e. The van der Waals surface area contributed by atoms with Crippen LogP contribution >= 0.6 is 0 Å². The van der Waals surface area contributed by atoms with Gasteiger partial charge in [-0.15, -0.1) is 0 Å². The molecular formula is C54H34F6N2O2. The molecule has 8 aromatic carbocycles. The number of carbonyl (C=O) groups is 2. The first-order valence-electron chi connectivity index (χ1n) is 20.4. The van der Waals surface area contributed by atoms with E-state index in [4.69, 9.17) is 0 Å². The SMILES string of the molecule is Cc1ccc(-c2cccc3c4cccc(-c5ccc(C(F)(F)F)cc5C(F)(F)F)c4n(-c4cccc5c4C(=O)N(c4c(-c6ccccc6)cccc4-c4ccccc4)C5=O)c23)c(C)c1. The third-order valence-electron chi connectivity index (χ3n) is 12.0. The molecule has 1 aliphatic rings. The molecule has 4 nitrogen and oxygen atoms in total. The third-order valence-corrected chi connectivity index (χ3v) is 12.0. The Morgan fingerprint density at radius 2 is 0.953 bits per heavy atom. The summed E-state index contributed by atoms with van der Waals surface area (Å²) in [6.07, 6.45) is -10.2. The van der Waals surface area contributed by atoms with Crippen LogP contribution in [0.15, 0.2) is 170 Å². The van der Waals surface area contributed by atoms with E-state index in [0.29, 0.717) is 44.7 Å². The summed E-state index contributed by atoms with van der Waals surface area (Å²) in [7, 11) is 0. The van der Waals surface area contributed by atoms with Crippen molar-refractivity contribution in [2.45, 2.75) is 26.2 Å². The molecule has 0 saturated carbocycles. The van der Waals surface area contributed by atoms with Gasteiger partial charge in [-0.3, -0.25) is 9.59 Å². The van der Waals surface area contributed by atoms with Gasteiger partial charge in [-0.2, -0.15) is 26.3 Å². The number of amides is 2. The monoisotopic (exact) mass is 856 g/mol. The number of hydrogen-bond donors (Lipinski definition) is 0. The standard InChI is InChI=1S/C54H34F6N2O2/c1-31-25-27-36(32(2)29-31)40-19-10-21-42-43-22-11-20-41(39-28-26-35(53(55,56)57)30-45(39)54(58,59)60)50(43)61(49(40)42)46-24-12-23-44-47(46)52(64)62(51(44)63)48-37(33-13-5-3-6-14-33)17-9-18-38(48)34-15-7-4-8-16-34/h3-30H,1-2H3. The number of benzene rings is 8. The normalized spacial score (nSPS) is 13.0. The molecule has 64 heavy (non-hydrogen) atoms. The van der Waals surface area contributed by atoms with Gasteiger partial charge in [0, 0.05) is 33.0 Å². The minimum Gasteiger partial charge on any atom is -0.307 e. The van der Waals surface area contributed by atoms with Gasteiger partial charge >= 0.3 is 12.4 Å². The topological polar surface area (TPSA) is 42.3 Å². The number of halogens is 6. The zero-order valence-electron chi connectivity index (χ0n) is 34.1. The number of fused-ring (bicyclic) bond motifs is 4. The molecule has 2 amide bonds. The van der Waals surface area contributed by atoms with E-state index < -0.39 is 40.9 Å². The number of anilines is 1. The van der Waals surface area contributed by atoms with Crippen molar-refractivity contribution in [3.8, 4) is 50.2 Å². The van der Waals surface area contributed by atoms with Crippen molar-refractivity contribution in [3.05, 3.63) is 203 Å². The molecule has 0 radical (unpaired) electrons. The van der Waals surface area contributed by atoms with Gasteiger partial charge in [-0.1, -0.05) is 151 Å². The molecule has 0 atom stereocenters. The molecule has 0 fully saturated rings. The van der Waals surface area contributed by atoms with Gasteiger partial charge in [0.05, 0.1) is 44.7 Å². The van der Waals surface area contributed by atoms with E-state index in [-0.39, 0.29) is 34.0 Å². The maximum Gasteiger partial charge on any atom is 0.417 e. The third kappa shape index (κ3) is 6.47. The average Bonchev–Trinajstić information content (AvgIpc) is 3.76. The van der Waals surface area contributed by atoms with Crippen LogP contribution < -0.4 is 4.90 Å². The maximum absolute atomic E-state index is 15.5. The Kier molecular flexibility index (Phi) is 9.44. The highest BCUT2D eigenvalue weighted by molar-refractivity contribution is 6.37. The minimum absolute atomic E-state index is 0.0156. The highest BCUT2D eigenvalue weighted by atomic mass is 19.4. The number of rotatable bonds is 6. The Hall–Kier alpha value is -7.72. The van der Waals surface area contributed by atoms with Crippen LogP contribution in [0.3, 0.4) is 0 Å². The molecule has 1 aromatic heterocycles. The predicted octanol–water partition coefficient (Wildman–Crippen LogP) is 14.9. The van der Waals surface area contributed by atoms with Crippen LogP contribution in [0.1, 0.15) is 43.0 Å². The molecule has 10 heteroatoms. The molecule has 9 aromatic rings. The van der Waals surface area contributed by atoms with E-state index >= 15 is 22.8 Å². The van der Waals surface area contributed by atoms with Crippen molar-refractivity contribution in [1.29, 1.82) is 0 Å². The lowest BCUT2D eigenvalue weighted by Crippen LogP contribution is -2.30. The van der Waals surface area contributed by atoms with Gasteiger partial charge in [0.1, 0.15) is 0 Å². The van der Waals surface area contributed by atoms with Crippen molar-refractivity contribution in [2.75, 3.05) is 4.90 Å². The van der Waals surface area contributed by atoms with E-state index in [1.165, 1.54) is 11.0 Å². The summed E-state index contributed by atoms with van der Waals surface area (Å²) in [6, 6.07) is 47.0. The van der Waals surface area contributed by atoms with Crippen LogP contribution in [-0.4, -0.2) is 16.4 Å². The number of aromatic nitrogens is 1. The Morgan fingerprint density at radius 1 is 0.438 bits per heavy atom. The van der Waals surface area contributed by atoms with Gasteiger partial charge in [-0.05, 0) is 65.9 Å². The summed E-state index contributed by atoms with van der Waals surface area (Å²) in [5.74, 6) is -1.25. The second-order valence-corrected chi connectivity index (χ2v) is 15.9. The van der Waals surface area contributed by atoms with Crippen molar-refractivity contribution < 1.29 is 35.9 Å². The number of carbonyl (C=O) groups excluding carboxylic acids is 2. The van der Waals surface area contributed by atoms with Crippen LogP contribution in [-0.2, 0) is 12.4 Å². The predicted molar refractivity (Wildman–Crippen MR) is 240 cm³/mol. The number of para-hydroxylation sites is 3. The lowest BCUT2D eigenvalue weighted by Gasteiger charge is -2.23. The van der Waals surface area contributed by atoms with Gasteiger partial charge in [0.2, 0.25) is 0 Å². The van der Waals surface area contributed by atoms with Crippen molar-refractivity contribution in [3.63, 3.8) is 0 Å². The molecule has 0 spiro atoms. The Labute approximate surface area is 363 Å². The van der Waals surface area contributed by atoms with Crippen molar-refractivity contribution in [1.82, 2.24) is 4.57 Å². The van der Waals surface area contributed by atoms with E-state index in [1.54, 1.807) is 34.9 Å². The van der Waals surface area contributed by atoms with Gasteiger partial charge in [-0.25, -0.2) is 4.90 Å². The highest BCUT2D eigenvalue weighted by Gasteiger charge is 2.43. The van der Waals surface area contributed by atoms with Gasteiger partial charge in [0.25, 0.3) is 11.8 Å². The average molecular weight is 857 g/mol. The molecule has 0 unspecified atom stereocenters. The molecule has 0 saturated heterocycles. The zero-order chi connectivity index (χ0) is 44.7. The van der Waals surface area contributed by atoms with E-state index in [0.717, 1.165) is 33.9 Å². The summed E-state index contributed by atoms with van der Waals surface area (Å²) in [6.45, 7) is 3.91. The molecule has 314 valence electrons. The molecule has 0 N–H and O–H groups in total. The second-order valence-electron chi connectivity index (χ2n) is 15.9. The number of imide groups is 1. The number of hydrogen-bond acceptors (Lipinski definition) is 2. The lowest BCUT2D eigenvalue weighted by atomic mass is 9.94. The summed E-state index contributed by atoms with van der Waals surface area (Å²) < 4.78 is 88.7. The molecule has 10 rings (SSSR count). The Balaban J connectivity index is 1.31. The number of nitrogens with zero attached hydrogens (tertiary/aromatic N) is 2. The fourth-order valence-corrected chi connectivity index (χ4v) is 9.24. The van der Waals surface area contributed by atoms with Crippen molar-refractivity contribution in [2.24, 2.45) is 0 Å². The fraction of sp³-hybridized carbons (Fsp3) is 0.0741. The van der Waals surface area contributed by atoms with E-state index in [9.17, 15) is 13.2 Å². The molecule has 1 aliphatic heterocycles. The van der Waals surface area contributed by atoms with Crippen LogP contribution in [0.2, 0.25) is 0 Å². The fourth-order valence-electron chi connectivity index (χ4n) is 9.24. The van der Waals surface area contributed by atoms with Gasteiger partial charge in [0.15, 0.2) is 0 Å². The van der Waals surface area contributed by atoms with Gasteiger partial charge < -0.3 is 4.57 Å². The molecular weight excluding hydrogens is 823 g/mol. The zero-order valence-corrected chi connectivity index (χ0v) is 34.1. The largest absolute Gasteiger partial charge is 0.417 e. The first-order valence-corrected chi connectivity index (χ1v) is 20.4. The maximum atomic E-state index is 15.5. The Bertz CT molecular complexity index is 3310. The van der Waals surface area contributed by atoms with Crippen LogP contribution in [0, 0.1) is 13.8 Å². The van der Waals surface area contributed by atoms with E-state index in [2.05, 4.69) is 0 Å². The van der Waals surface area contributed by atoms with Crippen LogP contribution in [0.25, 0.3) is 72.0 Å². The summed E-state index contributed by atoms with van der Waals surface area (Å²) in [5, 5.41) is 1.10. The first kappa shape index (κ1) is 40.4. The van der Waals surface area contributed by atoms with Crippen LogP contribution in [0.5, 0.6) is 0 Å². The molecule has 0 aliphatic carbocycles. The summed E-state index contributed by atoms with van der Waals surface area (Å²) in [4.78, 5) is 31.7. The lowest BCUT2D eigenvalue weighted by molar-refractivity contribution is -0.142. The van der Waals surface area contributed by atoms with Crippen LogP contribution in [0.4, 0.5) is 32.0 Å². The Morgan fingerprint density at radius 3 is 1.52 bits per heavy atom. The quantitative estimate of drug-likeness (QED) is 0.123. The second kappa shape index (κ2) is 15.0. The summed E-state index contributed by atoms with van der Waals surface area (Å²) in [5.41, 5.74) is 4.16.